The molecular weight excluding hydrogens is 376 g/mol. The van der Waals surface area contributed by atoms with Gasteiger partial charge in [-0.1, -0.05) is 30.0 Å². The predicted molar refractivity (Wildman–Crippen MR) is 105 cm³/mol. The first kappa shape index (κ1) is 18.3. The van der Waals surface area contributed by atoms with E-state index in [0.29, 0.717) is 16.2 Å². The summed E-state index contributed by atoms with van der Waals surface area (Å²) < 4.78 is 1.59. The van der Waals surface area contributed by atoms with Gasteiger partial charge in [0.15, 0.2) is 10.8 Å². The highest BCUT2D eigenvalue weighted by atomic mass is 32.2. The van der Waals surface area contributed by atoms with E-state index in [-0.39, 0.29) is 23.1 Å². The van der Waals surface area contributed by atoms with Gasteiger partial charge in [-0.3, -0.25) is 9.59 Å². The van der Waals surface area contributed by atoms with Crippen LogP contribution in [0.25, 0.3) is 16.7 Å². The Morgan fingerprint density at radius 3 is 2.86 bits per heavy atom. The van der Waals surface area contributed by atoms with Gasteiger partial charge in [-0.2, -0.15) is 10.4 Å². The summed E-state index contributed by atoms with van der Waals surface area (Å²) in [6.45, 7) is 1.75. The van der Waals surface area contributed by atoms with Gasteiger partial charge in [0.05, 0.1) is 23.7 Å². The van der Waals surface area contributed by atoms with Crippen molar-refractivity contribution in [3.05, 3.63) is 46.9 Å². The molecule has 1 amide bonds. The molecule has 142 valence electrons. The maximum Gasteiger partial charge on any atom is 0.262 e. The zero-order chi connectivity index (χ0) is 19.7. The Bertz CT molecular complexity index is 1130. The number of carbonyl (C=O) groups excluding carboxylic acids is 1. The van der Waals surface area contributed by atoms with Crippen molar-refractivity contribution in [2.24, 2.45) is 5.92 Å². The SMILES string of the molecule is C[C@@](C#N)(NC(=O)CSc1nc2c(cnn2-c2ccccc2)c(=O)[nH]1)C1CC1. The van der Waals surface area contributed by atoms with Crippen LogP contribution < -0.4 is 10.9 Å². The molecule has 9 heteroatoms. The minimum atomic E-state index is -0.839. The summed E-state index contributed by atoms with van der Waals surface area (Å²) in [6.07, 6.45) is 3.38. The zero-order valence-corrected chi connectivity index (χ0v) is 16.0. The van der Waals surface area contributed by atoms with Crippen LogP contribution >= 0.6 is 11.8 Å². The number of rotatable bonds is 6. The van der Waals surface area contributed by atoms with Gasteiger partial charge < -0.3 is 10.3 Å². The molecule has 1 aromatic carbocycles. The maximum atomic E-state index is 12.4. The molecule has 2 N–H and O–H groups in total. The average molecular weight is 394 g/mol. The lowest BCUT2D eigenvalue weighted by Crippen LogP contribution is -2.47. The fourth-order valence-electron chi connectivity index (χ4n) is 3.07. The molecular formula is C19H18N6O2S. The number of hydrogen-bond acceptors (Lipinski definition) is 6. The molecule has 1 fully saturated rings. The Hall–Kier alpha value is -3.12. The minimum Gasteiger partial charge on any atom is -0.337 e. The second-order valence-corrected chi connectivity index (χ2v) is 7.89. The molecule has 0 radical (unpaired) electrons. The zero-order valence-electron chi connectivity index (χ0n) is 15.2. The van der Waals surface area contributed by atoms with Crippen LogP contribution in [-0.4, -0.2) is 36.9 Å². The Morgan fingerprint density at radius 1 is 1.43 bits per heavy atom. The molecule has 0 saturated heterocycles. The van der Waals surface area contributed by atoms with Crippen molar-refractivity contribution in [3.63, 3.8) is 0 Å². The van der Waals surface area contributed by atoms with E-state index in [4.69, 9.17) is 0 Å². The van der Waals surface area contributed by atoms with Crippen LogP contribution in [0, 0.1) is 17.2 Å². The van der Waals surface area contributed by atoms with Gasteiger partial charge in [-0.15, -0.1) is 0 Å². The summed E-state index contributed by atoms with van der Waals surface area (Å²) in [5, 5.41) is 17.1. The van der Waals surface area contributed by atoms with Crippen LogP contribution in [-0.2, 0) is 4.79 Å². The highest BCUT2D eigenvalue weighted by molar-refractivity contribution is 7.99. The van der Waals surface area contributed by atoms with Crippen molar-refractivity contribution < 1.29 is 4.79 Å². The standard InChI is InChI=1S/C19H18N6O2S/c1-19(11-20,12-7-8-12)24-15(26)10-28-18-22-16-14(17(27)23-18)9-21-25(16)13-5-3-2-4-6-13/h2-6,9,12H,7-8,10H2,1H3,(H,24,26)(H,22,23,27)/t19-/m0/s1. The number of aromatic nitrogens is 4. The lowest BCUT2D eigenvalue weighted by molar-refractivity contribution is -0.119. The molecule has 0 spiro atoms. The summed E-state index contributed by atoms with van der Waals surface area (Å²) >= 11 is 1.12. The molecule has 3 aromatic rings. The van der Waals surface area contributed by atoms with Gasteiger partial charge in [0, 0.05) is 0 Å². The van der Waals surface area contributed by atoms with Gasteiger partial charge in [-0.25, -0.2) is 9.67 Å². The minimum absolute atomic E-state index is 0.0535. The van der Waals surface area contributed by atoms with E-state index >= 15 is 0 Å². The van der Waals surface area contributed by atoms with Crippen molar-refractivity contribution >= 4 is 28.7 Å². The number of thioether (sulfide) groups is 1. The number of amides is 1. The molecule has 1 saturated carbocycles. The summed E-state index contributed by atoms with van der Waals surface area (Å²) in [4.78, 5) is 31.8. The molecule has 0 bridgehead atoms. The number of hydrogen-bond donors (Lipinski definition) is 2. The van der Waals surface area contributed by atoms with Gasteiger partial charge in [-0.05, 0) is 37.8 Å². The van der Waals surface area contributed by atoms with Crippen LogP contribution in [0.15, 0.2) is 46.5 Å². The van der Waals surface area contributed by atoms with Crippen molar-refractivity contribution in [1.82, 2.24) is 25.1 Å². The molecule has 2 heterocycles. The van der Waals surface area contributed by atoms with E-state index in [9.17, 15) is 14.9 Å². The molecule has 1 atom stereocenters. The molecule has 2 aromatic heterocycles. The quantitative estimate of drug-likeness (QED) is 0.488. The van der Waals surface area contributed by atoms with Gasteiger partial charge in [0.2, 0.25) is 5.91 Å². The van der Waals surface area contributed by atoms with Gasteiger partial charge in [0.25, 0.3) is 5.56 Å². The third kappa shape index (κ3) is 3.51. The topological polar surface area (TPSA) is 116 Å². The van der Waals surface area contributed by atoms with Crippen LogP contribution in [0.3, 0.4) is 0 Å². The largest absolute Gasteiger partial charge is 0.337 e. The van der Waals surface area contributed by atoms with E-state index in [1.165, 1.54) is 6.20 Å². The smallest absolute Gasteiger partial charge is 0.262 e. The average Bonchev–Trinajstić information content (AvgIpc) is 3.47. The number of H-pyrrole nitrogens is 1. The number of nitrogens with one attached hydrogen (secondary N) is 2. The number of carbonyl (C=O) groups is 1. The Kier molecular flexibility index (Phi) is 4.65. The Labute approximate surface area is 165 Å². The van der Waals surface area contributed by atoms with Crippen LogP contribution in [0.5, 0.6) is 0 Å². The van der Waals surface area contributed by atoms with Crippen LogP contribution in [0.2, 0.25) is 0 Å². The first-order valence-corrected chi connectivity index (χ1v) is 9.87. The van der Waals surface area contributed by atoms with Crippen LogP contribution in [0.4, 0.5) is 0 Å². The Morgan fingerprint density at radius 2 is 2.18 bits per heavy atom. The van der Waals surface area contributed by atoms with Crippen LogP contribution in [0.1, 0.15) is 19.8 Å². The highest BCUT2D eigenvalue weighted by Gasteiger charge is 2.42. The number of benzene rings is 1. The molecule has 8 nitrogen and oxygen atoms in total. The van der Waals surface area contributed by atoms with Crippen molar-refractivity contribution in [2.75, 3.05) is 5.75 Å². The predicted octanol–water partition coefficient (Wildman–Crippen LogP) is 2.01. The number of nitrogens with zero attached hydrogens (tertiary/aromatic N) is 4. The number of nitriles is 1. The maximum absolute atomic E-state index is 12.4. The number of fused-ring (bicyclic) bond motifs is 1. The Balaban J connectivity index is 1.54. The summed E-state index contributed by atoms with van der Waals surface area (Å²) in [5.74, 6) is -0.000944. The normalized spacial score (nSPS) is 15.7. The lowest BCUT2D eigenvalue weighted by Gasteiger charge is -2.22. The first-order valence-electron chi connectivity index (χ1n) is 8.89. The summed E-state index contributed by atoms with van der Waals surface area (Å²) in [7, 11) is 0. The monoisotopic (exact) mass is 394 g/mol. The third-order valence-corrected chi connectivity index (χ3v) is 5.66. The van der Waals surface area contributed by atoms with E-state index in [1.54, 1.807) is 11.6 Å². The van der Waals surface area contributed by atoms with E-state index in [2.05, 4.69) is 26.5 Å². The second kappa shape index (κ2) is 7.13. The third-order valence-electron chi connectivity index (χ3n) is 4.78. The molecule has 0 aliphatic heterocycles. The molecule has 1 aliphatic carbocycles. The first-order chi connectivity index (χ1) is 13.5. The van der Waals surface area contributed by atoms with Gasteiger partial charge in [0.1, 0.15) is 10.9 Å². The fourth-order valence-corrected chi connectivity index (χ4v) is 3.72. The van der Waals surface area contributed by atoms with E-state index in [1.807, 2.05) is 30.3 Å². The molecule has 1 aliphatic rings. The van der Waals surface area contributed by atoms with E-state index < -0.39 is 5.54 Å². The van der Waals surface area contributed by atoms with Gasteiger partial charge >= 0.3 is 0 Å². The van der Waals surface area contributed by atoms with Crippen molar-refractivity contribution in [2.45, 2.75) is 30.5 Å². The fraction of sp³-hybridized carbons (Fsp3) is 0.316. The molecule has 4 rings (SSSR count). The number of para-hydroxylation sites is 1. The molecule has 0 unspecified atom stereocenters. The second-order valence-electron chi connectivity index (χ2n) is 6.93. The van der Waals surface area contributed by atoms with Crippen molar-refractivity contribution in [1.29, 1.82) is 5.26 Å². The summed E-state index contributed by atoms with van der Waals surface area (Å²) in [5.41, 5.74) is 0.0695. The lowest BCUT2D eigenvalue weighted by atomic mass is 9.98. The molecule has 28 heavy (non-hydrogen) atoms. The van der Waals surface area contributed by atoms with E-state index in [0.717, 1.165) is 30.3 Å². The highest BCUT2D eigenvalue weighted by Crippen LogP contribution is 2.39. The number of aromatic amines is 1. The summed E-state index contributed by atoms with van der Waals surface area (Å²) in [6, 6.07) is 11.6. The van der Waals surface area contributed by atoms with Crippen molar-refractivity contribution in [3.8, 4) is 11.8 Å².